The van der Waals surface area contributed by atoms with E-state index in [1.165, 1.54) is 12.8 Å². The van der Waals surface area contributed by atoms with Crippen LogP contribution in [-0.2, 0) is 10.2 Å². The van der Waals surface area contributed by atoms with Crippen LogP contribution >= 0.6 is 11.6 Å². The molecule has 1 heterocycles. The van der Waals surface area contributed by atoms with Crippen LogP contribution in [0.15, 0.2) is 24.3 Å². The number of carbonyl (C=O) groups is 1. The van der Waals surface area contributed by atoms with Gasteiger partial charge in [-0.1, -0.05) is 23.7 Å². The zero-order chi connectivity index (χ0) is 14.7. The van der Waals surface area contributed by atoms with Crippen molar-refractivity contribution >= 4 is 17.5 Å². The van der Waals surface area contributed by atoms with Gasteiger partial charge in [0.05, 0.1) is 5.41 Å². The topological polar surface area (TPSA) is 41.1 Å². The number of rotatable bonds is 5. The Hall–Kier alpha value is -1.06. The van der Waals surface area contributed by atoms with Gasteiger partial charge in [0, 0.05) is 11.6 Å². The minimum atomic E-state index is -0.310. The molecule has 2 aliphatic rings. The molecule has 4 heteroatoms. The van der Waals surface area contributed by atoms with E-state index in [-0.39, 0.29) is 11.3 Å². The van der Waals surface area contributed by atoms with E-state index < -0.39 is 0 Å². The molecule has 2 N–H and O–H groups in total. The fourth-order valence-electron chi connectivity index (χ4n) is 3.29. The standard InChI is InChI=1S/C17H23ClN2O/c18-15-5-1-4-14(11-15)17(7-8-17)16(21)20-10-6-13-3-2-9-19-12-13/h1,4-5,11,13,19H,2-3,6-10,12H2,(H,20,21). The Morgan fingerprint density at radius 3 is 2.95 bits per heavy atom. The average Bonchev–Trinajstić information content (AvgIpc) is 3.30. The van der Waals surface area contributed by atoms with Crippen molar-refractivity contribution in [2.45, 2.75) is 37.5 Å². The van der Waals surface area contributed by atoms with Crippen LogP contribution in [0, 0.1) is 5.92 Å². The second kappa shape index (κ2) is 6.37. The maximum atomic E-state index is 12.5. The molecule has 1 aliphatic carbocycles. The van der Waals surface area contributed by atoms with Crippen molar-refractivity contribution in [3.63, 3.8) is 0 Å². The fourth-order valence-corrected chi connectivity index (χ4v) is 3.48. The summed E-state index contributed by atoms with van der Waals surface area (Å²) in [5, 5.41) is 7.27. The van der Waals surface area contributed by atoms with Crippen LogP contribution in [0.4, 0.5) is 0 Å². The minimum Gasteiger partial charge on any atom is -0.355 e. The molecule has 1 aromatic carbocycles. The third-order valence-corrected chi connectivity index (χ3v) is 5.03. The summed E-state index contributed by atoms with van der Waals surface area (Å²) in [6.45, 7) is 3.02. The summed E-state index contributed by atoms with van der Waals surface area (Å²) in [5.74, 6) is 0.883. The molecule has 2 fully saturated rings. The molecule has 1 saturated carbocycles. The first-order valence-electron chi connectivity index (χ1n) is 7.96. The number of benzene rings is 1. The van der Waals surface area contributed by atoms with E-state index in [0.717, 1.165) is 44.5 Å². The Balaban J connectivity index is 1.53. The van der Waals surface area contributed by atoms with E-state index in [9.17, 15) is 4.79 Å². The van der Waals surface area contributed by atoms with Crippen LogP contribution < -0.4 is 10.6 Å². The largest absolute Gasteiger partial charge is 0.355 e. The average molecular weight is 307 g/mol. The van der Waals surface area contributed by atoms with Gasteiger partial charge >= 0.3 is 0 Å². The molecule has 1 unspecified atom stereocenters. The summed E-state index contributed by atoms with van der Waals surface area (Å²) >= 11 is 6.05. The summed E-state index contributed by atoms with van der Waals surface area (Å²) in [6.07, 6.45) is 5.48. The quantitative estimate of drug-likeness (QED) is 0.878. The van der Waals surface area contributed by atoms with Gasteiger partial charge in [-0.25, -0.2) is 0 Å². The van der Waals surface area contributed by atoms with E-state index in [1.54, 1.807) is 0 Å². The lowest BCUT2D eigenvalue weighted by atomic mass is 9.94. The zero-order valence-corrected chi connectivity index (χ0v) is 13.1. The second-order valence-electron chi connectivity index (χ2n) is 6.35. The lowest BCUT2D eigenvalue weighted by molar-refractivity contribution is -0.123. The Bertz CT molecular complexity index is 507. The molecule has 21 heavy (non-hydrogen) atoms. The minimum absolute atomic E-state index is 0.175. The van der Waals surface area contributed by atoms with Crippen molar-refractivity contribution in [2.24, 2.45) is 5.92 Å². The van der Waals surface area contributed by atoms with E-state index in [4.69, 9.17) is 11.6 Å². The van der Waals surface area contributed by atoms with Gasteiger partial charge in [0.25, 0.3) is 0 Å². The van der Waals surface area contributed by atoms with Gasteiger partial charge in [-0.2, -0.15) is 0 Å². The summed E-state index contributed by atoms with van der Waals surface area (Å²) in [5.41, 5.74) is 0.752. The van der Waals surface area contributed by atoms with Gasteiger partial charge in [-0.05, 0) is 68.8 Å². The first kappa shape index (κ1) is 14.9. The molecule has 0 radical (unpaired) electrons. The molecule has 1 aliphatic heterocycles. The molecular weight excluding hydrogens is 284 g/mol. The molecule has 1 saturated heterocycles. The highest BCUT2D eigenvalue weighted by atomic mass is 35.5. The number of hydrogen-bond acceptors (Lipinski definition) is 2. The second-order valence-corrected chi connectivity index (χ2v) is 6.79. The molecule has 114 valence electrons. The van der Waals surface area contributed by atoms with Crippen LogP contribution in [0.2, 0.25) is 5.02 Å². The monoisotopic (exact) mass is 306 g/mol. The summed E-state index contributed by atoms with van der Waals surface area (Å²) in [4.78, 5) is 12.5. The van der Waals surface area contributed by atoms with Gasteiger partial charge in [0.15, 0.2) is 0 Å². The number of piperidine rings is 1. The highest BCUT2D eigenvalue weighted by Crippen LogP contribution is 2.48. The normalized spacial score (nSPS) is 23.6. The summed E-state index contributed by atoms with van der Waals surface area (Å²) in [7, 11) is 0. The molecule has 0 aromatic heterocycles. The zero-order valence-electron chi connectivity index (χ0n) is 12.3. The van der Waals surface area contributed by atoms with Crippen LogP contribution in [0.25, 0.3) is 0 Å². The van der Waals surface area contributed by atoms with Crippen molar-refractivity contribution < 1.29 is 4.79 Å². The summed E-state index contributed by atoms with van der Waals surface area (Å²) < 4.78 is 0. The smallest absolute Gasteiger partial charge is 0.230 e. The van der Waals surface area contributed by atoms with Crippen molar-refractivity contribution in [3.05, 3.63) is 34.9 Å². The van der Waals surface area contributed by atoms with Crippen LogP contribution in [0.3, 0.4) is 0 Å². The Morgan fingerprint density at radius 2 is 2.29 bits per heavy atom. The molecular formula is C17H23ClN2O. The first-order chi connectivity index (χ1) is 10.2. The predicted molar refractivity (Wildman–Crippen MR) is 85.6 cm³/mol. The molecule has 1 amide bonds. The molecule has 3 nitrogen and oxygen atoms in total. The SMILES string of the molecule is O=C(NCCC1CCCNC1)C1(c2cccc(Cl)c2)CC1. The number of halogens is 1. The number of hydrogen-bond donors (Lipinski definition) is 2. The summed E-state index contributed by atoms with van der Waals surface area (Å²) in [6, 6.07) is 7.73. The van der Waals surface area contributed by atoms with Gasteiger partial charge in [-0.15, -0.1) is 0 Å². The molecule has 1 aromatic rings. The molecule has 1 atom stereocenters. The Kier molecular flexibility index (Phi) is 4.51. The lowest BCUT2D eigenvalue weighted by Gasteiger charge is -2.23. The van der Waals surface area contributed by atoms with Gasteiger partial charge < -0.3 is 10.6 Å². The highest BCUT2D eigenvalue weighted by Gasteiger charge is 2.51. The van der Waals surface area contributed by atoms with E-state index in [0.29, 0.717) is 10.9 Å². The third-order valence-electron chi connectivity index (χ3n) is 4.80. The number of amides is 1. The van der Waals surface area contributed by atoms with Gasteiger partial charge in [0.2, 0.25) is 5.91 Å². The van der Waals surface area contributed by atoms with Crippen molar-refractivity contribution in [1.82, 2.24) is 10.6 Å². The van der Waals surface area contributed by atoms with E-state index in [1.807, 2.05) is 24.3 Å². The number of nitrogens with one attached hydrogen (secondary N) is 2. The van der Waals surface area contributed by atoms with Crippen molar-refractivity contribution in [1.29, 1.82) is 0 Å². The molecule has 0 spiro atoms. The van der Waals surface area contributed by atoms with Crippen molar-refractivity contribution in [3.8, 4) is 0 Å². The van der Waals surface area contributed by atoms with E-state index in [2.05, 4.69) is 10.6 Å². The fraction of sp³-hybridized carbons (Fsp3) is 0.588. The van der Waals surface area contributed by atoms with Crippen molar-refractivity contribution in [2.75, 3.05) is 19.6 Å². The third kappa shape index (κ3) is 3.41. The predicted octanol–water partition coefficient (Wildman–Crippen LogP) is 2.88. The number of carbonyl (C=O) groups excluding carboxylic acids is 1. The first-order valence-corrected chi connectivity index (χ1v) is 8.33. The van der Waals surface area contributed by atoms with Gasteiger partial charge in [0.1, 0.15) is 0 Å². The van der Waals surface area contributed by atoms with Gasteiger partial charge in [-0.3, -0.25) is 4.79 Å². The highest BCUT2D eigenvalue weighted by molar-refractivity contribution is 6.30. The van der Waals surface area contributed by atoms with Crippen LogP contribution in [-0.4, -0.2) is 25.5 Å². The van der Waals surface area contributed by atoms with Crippen LogP contribution in [0.5, 0.6) is 0 Å². The maximum absolute atomic E-state index is 12.5. The molecule has 0 bridgehead atoms. The lowest BCUT2D eigenvalue weighted by Crippen LogP contribution is -2.37. The van der Waals surface area contributed by atoms with E-state index >= 15 is 0 Å². The Morgan fingerprint density at radius 1 is 1.43 bits per heavy atom. The Labute approximate surface area is 131 Å². The molecule has 3 rings (SSSR count). The van der Waals surface area contributed by atoms with Crippen LogP contribution in [0.1, 0.15) is 37.7 Å². The maximum Gasteiger partial charge on any atom is 0.230 e.